The summed E-state index contributed by atoms with van der Waals surface area (Å²) in [6.07, 6.45) is 0.351. The molecule has 2 rings (SSSR count). The lowest BCUT2D eigenvalue weighted by Gasteiger charge is -2.11. The molecule has 1 fully saturated rings. The largest absolute Gasteiger partial charge is 0.460 e. The minimum Gasteiger partial charge on any atom is -0.460 e. The van der Waals surface area contributed by atoms with E-state index in [1.54, 1.807) is 6.92 Å². The molecule has 0 aliphatic carbocycles. The number of nitrogens with one attached hydrogen (secondary N) is 1. The molecular formula is C12H16N4O4S. The van der Waals surface area contributed by atoms with E-state index >= 15 is 0 Å². The van der Waals surface area contributed by atoms with Crippen LogP contribution in [0.2, 0.25) is 0 Å². The number of aromatic nitrogens is 3. The number of H-pyrrole nitrogens is 1. The molecule has 0 aromatic carbocycles. The van der Waals surface area contributed by atoms with Gasteiger partial charge in [0, 0.05) is 25.6 Å². The average molecular weight is 312 g/mol. The molecule has 9 heteroatoms. The van der Waals surface area contributed by atoms with Gasteiger partial charge in [-0.25, -0.2) is 4.79 Å². The molecule has 1 N–H and O–H groups in total. The van der Waals surface area contributed by atoms with Crippen LogP contribution >= 0.6 is 11.8 Å². The second-order valence-corrected chi connectivity index (χ2v) is 5.78. The van der Waals surface area contributed by atoms with E-state index in [4.69, 9.17) is 4.74 Å². The third kappa shape index (κ3) is 3.81. The lowest BCUT2D eigenvalue weighted by molar-refractivity contribution is -0.117. The molecule has 1 aliphatic rings. The van der Waals surface area contributed by atoms with Crippen molar-refractivity contribution in [3.05, 3.63) is 5.82 Å². The second kappa shape index (κ2) is 6.70. The molecule has 1 saturated heterocycles. The number of nitrogens with zero attached hydrogens (tertiary/aromatic N) is 3. The number of anilines is 1. The standard InChI is InChI=1S/C12H16N4O4S/c1-3-20-11(19)10-13-12(15-14-10)16-5-8(4-9(16)18)6-21-7(2)17/h8H,3-6H2,1-2H3,(H,13,14,15). The molecule has 0 spiro atoms. The van der Waals surface area contributed by atoms with Crippen molar-refractivity contribution in [2.75, 3.05) is 23.8 Å². The van der Waals surface area contributed by atoms with E-state index in [1.165, 1.54) is 23.6 Å². The Balaban J connectivity index is 2.00. The third-order valence-corrected chi connectivity index (χ3v) is 3.96. The molecule has 1 atom stereocenters. The summed E-state index contributed by atoms with van der Waals surface area (Å²) < 4.78 is 4.80. The van der Waals surface area contributed by atoms with Crippen LogP contribution in [0.4, 0.5) is 5.95 Å². The fourth-order valence-corrected chi connectivity index (χ4v) is 2.68. The summed E-state index contributed by atoms with van der Waals surface area (Å²) >= 11 is 1.20. The predicted molar refractivity (Wildman–Crippen MR) is 75.9 cm³/mol. The van der Waals surface area contributed by atoms with Gasteiger partial charge in [-0.15, -0.1) is 5.10 Å². The maximum atomic E-state index is 12.0. The minimum absolute atomic E-state index is 0.0267. The molecule has 1 unspecified atom stereocenters. The lowest BCUT2D eigenvalue weighted by Crippen LogP contribution is -2.26. The van der Waals surface area contributed by atoms with Crippen LogP contribution in [0.25, 0.3) is 0 Å². The van der Waals surface area contributed by atoms with Crippen LogP contribution in [-0.4, -0.2) is 51.1 Å². The Kier molecular flexibility index (Phi) is 4.94. The first kappa shape index (κ1) is 15.5. The van der Waals surface area contributed by atoms with Crippen molar-refractivity contribution in [2.45, 2.75) is 20.3 Å². The van der Waals surface area contributed by atoms with Crippen molar-refractivity contribution in [1.29, 1.82) is 0 Å². The van der Waals surface area contributed by atoms with Crippen molar-refractivity contribution < 1.29 is 19.1 Å². The Morgan fingerprint density at radius 3 is 2.95 bits per heavy atom. The molecular weight excluding hydrogens is 296 g/mol. The van der Waals surface area contributed by atoms with E-state index in [9.17, 15) is 14.4 Å². The van der Waals surface area contributed by atoms with E-state index in [0.717, 1.165) is 0 Å². The van der Waals surface area contributed by atoms with Gasteiger partial charge in [0.15, 0.2) is 5.12 Å². The number of aromatic amines is 1. The molecule has 0 radical (unpaired) electrons. The van der Waals surface area contributed by atoms with Gasteiger partial charge in [-0.05, 0) is 12.8 Å². The topological polar surface area (TPSA) is 105 Å². The number of hydrogen-bond acceptors (Lipinski definition) is 7. The molecule has 114 valence electrons. The smallest absolute Gasteiger partial charge is 0.375 e. The first-order chi connectivity index (χ1) is 10.0. The molecule has 0 saturated carbocycles. The molecule has 8 nitrogen and oxygen atoms in total. The van der Waals surface area contributed by atoms with Gasteiger partial charge in [-0.3, -0.25) is 19.6 Å². The fraction of sp³-hybridized carbons (Fsp3) is 0.583. The van der Waals surface area contributed by atoms with E-state index < -0.39 is 5.97 Å². The quantitative estimate of drug-likeness (QED) is 0.794. The van der Waals surface area contributed by atoms with Gasteiger partial charge >= 0.3 is 5.97 Å². The van der Waals surface area contributed by atoms with Crippen LogP contribution in [0.15, 0.2) is 0 Å². The Bertz CT molecular complexity index is 559. The highest BCUT2D eigenvalue weighted by Crippen LogP contribution is 2.25. The summed E-state index contributed by atoms with van der Waals surface area (Å²) in [7, 11) is 0. The first-order valence-electron chi connectivity index (χ1n) is 6.54. The Labute approximate surface area is 125 Å². The Hall–Kier alpha value is -1.90. The van der Waals surface area contributed by atoms with Gasteiger partial charge in [-0.2, -0.15) is 4.98 Å². The monoisotopic (exact) mass is 312 g/mol. The van der Waals surface area contributed by atoms with Crippen LogP contribution in [0.1, 0.15) is 30.9 Å². The summed E-state index contributed by atoms with van der Waals surface area (Å²) in [4.78, 5) is 39.8. The number of esters is 1. The third-order valence-electron chi connectivity index (χ3n) is 2.91. The van der Waals surface area contributed by atoms with Gasteiger partial charge in [-0.1, -0.05) is 11.8 Å². The number of hydrogen-bond donors (Lipinski definition) is 1. The van der Waals surface area contributed by atoms with E-state index in [0.29, 0.717) is 18.7 Å². The van der Waals surface area contributed by atoms with Gasteiger partial charge in [0.05, 0.1) is 6.61 Å². The summed E-state index contributed by atoms with van der Waals surface area (Å²) in [5.74, 6) is 0.0906. The molecule has 2 heterocycles. The molecule has 0 bridgehead atoms. The summed E-state index contributed by atoms with van der Waals surface area (Å²) in [5.41, 5.74) is 0. The number of amides is 1. The molecule has 21 heavy (non-hydrogen) atoms. The van der Waals surface area contributed by atoms with Gasteiger partial charge in [0.2, 0.25) is 11.7 Å². The lowest BCUT2D eigenvalue weighted by atomic mass is 10.1. The number of rotatable bonds is 5. The zero-order valence-electron chi connectivity index (χ0n) is 11.8. The molecule has 1 aromatic heterocycles. The maximum Gasteiger partial charge on any atom is 0.375 e. The normalized spacial score (nSPS) is 18.1. The van der Waals surface area contributed by atoms with Crippen LogP contribution in [0.3, 0.4) is 0 Å². The highest BCUT2D eigenvalue weighted by molar-refractivity contribution is 8.13. The molecule has 1 amide bonds. The van der Waals surface area contributed by atoms with Crippen molar-refractivity contribution >= 4 is 34.7 Å². The molecule has 1 aromatic rings. The van der Waals surface area contributed by atoms with Gasteiger partial charge in [0.25, 0.3) is 5.95 Å². The molecule has 1 aliphatic heterocycles. The fourth-order valence-electron chi connectivity index (χ4n) is 1.99. The van der Waals surface area contributed by atoms with Crippen LogP contribution in [-0.2, 0) is 14.3 Å². The van der Waals surface area contributed by atoms with E-state index in [1.807, 2.05) is 0 Å². The summed E-state index contributed by atoms with van der Waals surface area (Å²) in [5, 5.41) is 6.37. The van der Waals surface area contributed by atoms with Crippen molar-refractivity contribution in [1.82, 2.24) is 15.2 Å². The number of ether oxygens (including phenoxy) is 1. The second-order valence-electron chi connectivity index (χ2n) is 4.58. The number of thioether (sulfide) groups is 1. The Morgan fingerprint density at radius 2 is 2.29 bits per heavy atom. The van der Waals surface area contributed by atoms with Crippen LogP contribution in [0.5, 0.6) is 0 Å². The van der Waals surface area contributed by atoms with Crippen molar-refractivity contribution in [2.24, 2.45) is 5.92 Å². The van der Waals surface area contributed by atoms with Crippen molar-refractivity contribution in [3.63, 3.8) is 0 Å². The minimum atomic E-state index is -0.605. The summed E-state index contributed by atoms with van der Waals surface area (Å²) in [6.45, 7) is 3.87. The SMILES string of the molecule is CCOC(=O)c1nc(N2CC(CSC(C)=O)CC2=O)n[nH]1. The van der Waals surface area contributed by atoms with Gasteiger partial charge in [0.1, 0.15) is 0 Å². The number of carbonyl (C=O) groups is 3. The predicted octanol–water partition coefficient (Wildman–Crippen LogP) is 0.614. The van der Waals surface area contributed by atoms with Crippen molar-refractivity contribution in [3.8, 4) is 0 Å². The van der Waals surface area contributed by atoms with Gasteiger partial charge < -0.3 is 4.74 Å². The first-order valence-corrected chi connectivity index (χ1v) is 7.53. The summed E-state index contributed by atoms with van der Waals surface area (Å²) in [6, 6.07) is 0. The highest BCUT2D eigenvalue weighted by Gasteiger charge is 2.33. The Morgan fingerprint density at radius 1 is 1.52 bits per heavy atom. The maximum absolute atomic E-state index is 12.0. The zero-order valence-corrected chi connectivity index (χ0v) is 12.6. The van der Waals surface area contributed by atoms with E-state index in [-0.39, 0.29) is 35.3 Å². The number of carbonyl (C=O) groups excluding carboxylic acids is 3. The van der Waals surface area contributed by atoms with Crippen LogP contribution in [0, 0.1) is 5.92 Å². The van der Waals surface area contributed by atoms with E-state index in [2.05, 4.69) is 15.2 Å². The van der Waals surface area contributed by atoms with Crippen LogP contribution < -0.4 is 4.90 Å². The zero-order chi connectivity index (χ0) is 15.4. The average Bonchev–Trinajstić information content (AvgIpc) is 3.03. The highest BCUT2D eigenvalue weighted by atomic mass is 32.2.